The van der Waals surface area contributed by atoms with Gasteiger partial charge in [0.25, 0.3) is 0 Å². The number of hydrogen-bond acceptors (Lipinski definition) is 5. The Kier molecular flexibility index (Phi) is 5.98. The van der Waals surface area contributed by atoms with Crippen LogP contribution in [0.2, 0.25) is 0 Å². The largest absolute Gasteiger partial charge is 0.493 e. The highest BCUT2D eigenvalue weighted by atomic mass is 16.5. The molecule has 0 saturated heterocycles. The Hall–Kier alpha value is -1.77. The fourth-order valence-electron chi connectivity index (χ4n) is 1.49. The molecule has 2 N–H and O–H groups in total. The van der Waals surface area contributed by atoms with Gasteiger partial charge >= 0.3 is 0 Å². The third kappa shape index (κ3) is 3.91. The number of hydrogen-bond donors (Lipinski definition) is 2. The van der Waals surface area contributed by atoms with Crippen LogP contribution in [0.4, 0.5) is 0 Å². The number of benzene rings is 1. The number of methoxy groups -OCH3 is 1. The molecule has 1 unspecified atom stereocenters. The second kappa shape index (κ2) is 7.54. The summed E-state index contributed by atoms with van der Waals surface area (Å²) in [6.07, 6.45) is 0. The highest BCUT2D eigenvalue weighted by Gasteiger charge is 2.10. The maximum absolute atomic E-state index is 9.03. The summed E-state index contributed by atoms with van der Waals surface area (Å²) in [6, 6.07) is 6.96. The minimum Gasteiger partial charge on any atom is -0.493 e. The van der Waals surface area contributed by atoms with E-state index >= 15 is 0 Å². The normalized spacial score (nSPS) is 11.7. The third-order valence-corrected chi connectivity index (χ3v) is 2.42. The Bertz CT molecular complexity index is 415. The maximum atomic E-state index is 9.03. The summed E-state index contributed by atoms with van der Waals surface area (Å²) < 4.78 is 10.7. The van der Waals surface area contributed by atoms with Crippen LogP contribution in [-0.4, -0.2) is 31.4 Å². The van der Waals surface area contributed by atoms with E-state index in [1.165, 1.54) is 7.11 Å². The summed E-state index contributed by atoms with van der Waals surface area (Å²) in [7, 11) is 1.54. The molecule has 1 atom stereocenters. The van der Waals surface area contributed by atoms with Crippen LogP contribution in [0, 0.1) is 11.3 Å². The van der Waals surface area contributed by atoms with Crippen molar-refractivity contribution in [2.45, 2.75) is 19.6 Å². The lowest BCUT2D eigenvalue weighted by Gasteiger charge is -2.14. The van der Waals surface area contributed by atoms with Crippen LogP contribution >= 0.6 is 0 Å². The lowest BCUT2D eigenvalue weighted by molar-refractivity contribution is 0.269. The van der Waals surface area contributed by atoms with Crippen molar-refractivity contribution in [1.29, 1.82) is 5.26 Å². The maximum Gasteiger partial charge on any atom is 0.161 e. The first-order chi connectivity index (χ1) is 8.74. The quantitative estimate of drug-likeness (QED) is 0.757. The highest BCUT2D eigenvalue weighted by molar-refractivity contribution is 5.42. The van der Waals surface area contributed by atoms with Crippen molar-refractivity contribution in [2.75, 3.05) is 20.3 Å². The molecule has 0 aromatic heterocycles. The van der Waals surface area contributed by atoms with E-state index in [-0.39, 0.29) is 19.3 Å². The predicted molar refractivity (Wildman–Crippen MR) is 67.5 cm³/mol. The average molecular weight is 250 g/mol. The lowest BCUT2D eigenvalue weighted by atomic mass is 10.2. The van der Waals surface area contributed by atoms with E-state index in [0.717, 1.165) is 5.56 Å². The van der Waals surface area contributed by atoms with Crippen molar-refractivity contribution in [3.63, 3.8) is 0 Å². The average Bonchev–Trinajstić information content (AvgIpc) is 2.43. The monoisotopic (exact) mass is 250 g/mol. The molecular formula is C13H18N2O3. The van der Waals surface area contributed by atoms with Crippen molar-refractivity contribution < 1.29 is 14.6 Å². The number of rotatable bonds is 7. The number of aliphatic hydroxyl groups is 1. The fraction of sp³-hybridized carbons (Fsp3) is 0.462. The topological polar surface area (TPSA) is 74.5 Å². The smallest absolute Gasteiger partial charge is 0.161 e. The zero-order valence-corrected chi connectivity index (χ0v) is 10.6. The van der Waals surface area contributed by atoms with Gasteiger partial charge in [0.15, 0.2) is 11.5 Å². The number of likely N-dealkylation sites (N-methyl/N-ethyl adjacent to an activating group) is 1. The number of aliphatic hydroxyl groups excluding tert-OH is 1. The second-order valence-corrected chi connectivity index (χ2v) is 3.69. The van der Waals surface area contributed by atoms with E-state index < -0.39 is 0 Å². The van der Waals surface area contributed by atoms with E-state index in [4.69, 9.17) is 19.8 Å². The van der Waals surface area contributed by atoms with Gasteiger partial charge in [-0.05, 0) is 24.2 Å². The summed E-state index contributed by atoms with van der Waals surface area (Å²) in [6.45, 7) is 2.84. The summed E-state index contributed by atoms with van der Waals surface area (Å²) in [5, 5.41) is 20.9. The summed E-state index contributed by atoms with van der Waals surface area (Å²) in [5.74, 6) is 1.11. The number of nitrogens with zero attached hydrogens (tertiary/aromatic N) is 1. The van der Waals surface area contributed by atoms with E-state index in [0.29, 0.717) is 18.0 Å². The van der Waals surface area contributed by atoms with Gasteiger partial charge in [-0.25, -0.2) is 0 Å². The predicted octanol–water partition coefficient (Wildman–Crippen LogP) is 1.07. The molecule has 0 aliphatic rings. The van der Waals surface area contributed by atoms with Gasteiger partial charge in [0, 0.05) is 0 Å². The van der Waals surface area contributed by atoms with Gasteiger partial charge in [-0.3, -0.25) is 5.32 Å². The molecule has 1 rings (SSSR count). The van der Waals surface area contributed by atoms with Gasteiger partial charge < -0.3 is 14.6 Å². The Balaban J connectivity index is 2.69. The van der Waals surface area contributed by atoms with Crippen molar-refractivity contribution in [3.05, 3.63) is 23.8 Å². The molecule has 0 fully saturated rings. The molecule has 0 spiro atoms. The van der Waals surface area contributed by atoms with Crippen molar-refractivity contribution >= 4 is 0 Å². The molecular weight excluding hydrogens is 232 g/mol. The Morgan fingerprint density at radius 3 is 2.78 bits per heavy atom. The highest BCUT2D eigenvalue weighted by Crippen LogP contribution is 2.28. The second-order valence-electron chi connectivity index (χ2n) is 3.69. The molecule has 0 bridgehead atoms. The van der Waals surface area contributed by atoms with Crippen molar-refractivity contribution in [2.24, 2.45) is 0 Å². The van der Waals surface area contributed by atoms with Crippen LogP contribution in [-0.2, 0) is 6.61 Å². The zero-order chi connectivity index (χ0) is 13.4. The molecule has 5 nitrogen and oxygen atoms in total. The Morgan fingerprint density at radius 1 is 1.44 bits per heavy atom. The van der Waals surface area contributed by atoms with E-state index in [1.807, 2.05) is 6.92 Å². The molecule has 0 radical (unpaired) electrons. The van der Waals surface area contributed by atoms with Crippen LogP contribution in [0.25, 0.3) is 0 Å². The first-order valence-electron chi connectivity index (χ1n) is 5.78. The van der Waals surface area contributed by atoms with Crippen molar-refractivity contribution in [3.8, 4) is 17.6 Å². The number of nitrogens with one attached hydrogen (secondary N) is 1. The van der Waals surface area contributed by atoms with E-state index in [9.17, 15) is 0 Å². The van der Waals surface area contributed by atoms with E-state index in [2.05, 4.69) is 11.4 Å². The molecule has 0 aliphatic heterocycles. The fourth-order valence-corrected chi connectivity index (χ4v) is 1.49. The molecule has 98 valence electrons. The molecule has 18 heavy (non-hydrogen) atoms. The molecule has 0 saturated carbocycles. The zero-order valence-electron chi connectivity index (χ0n) is 10.6. The number of nitriles is 1. The van der Waals surface area contributed by atoms with Gasteiger partial charge in [-0.2, -0.15) is 5.26 Å². The van der Waals surface area contributed by atoms with Gasteiger partial charge in [-0.15, -0.1) is 0 Å². The summed E-state index contributed by atoms with van der Waals surface area (Å²) in [4.78, 5) is 0. The van der Waals surface area contributed by atoms with E-state index in [1.54, 1.807) is 18.2 Å². The van der Waals surface area contributed by atoms with Crippen LogP contribution in [0.1, 0.15) is 12.5 Å². The van der Waals surface area contributed by atoms with Crippen LogP contribution in [0.3, 0.4) is 0 Å². The lowest BCUT2D eigenvalue weighted by Crippen LogP contribution is -2.33. The van der Waals surface area contributed by atoms with Crippen molar-refractivity contribution in [1.82, 2.24) is 5.32 Å². The molecule has 0 aliphatic carbocycles. The summed E-state index contributed by atoms with van der Waals surface area (Å²) in [5.41, 5.74) is 0.753. The van der Waals surface area contributed by atoms with Crippen LogP contribution in [0.5, 0.6) is 11.5 Å². The first-order valence-corrected chi connectivity index (χ1v) is 5.78. The summed E-state index contributed by atoms with van der Waals surface area (Å²) >= 11 is 0. The molecule has 0 heterocycles. The minimum atomic E-state index is -0.350. The van der Waals surface area contributed by atoms with Gasteiger partial charge in [0.2, 0.25) is 0 Å². The SMILES string of the molecule is CCNC(C#N)COc1ccc(CO)cc1OC. The Morgan fingerprint density at radius 2 is 2.22 bits per heavy atom. The molecule has 5 heteroatoms. The van der Waals surface area contributed by atoms with Crippen LogP contribution < -0.4 is 14.8 Å². The van der Waals surface area contributed by atoms with Gasteiger partial charge in [-0.1, -0.05) is 13.0 Å². The van der Waals surface area contributed by atoms with Gasteiger partial charge in [0.05, 0.1) is 19.8 Å². The third-order valence-electron chi connectivity index (χ3n) is 2.42. The minimum absolute atomic E-state index is 0.0468. The molecule has 1 aromatic rings. The standard InChI is InChI=1S/C13H18N2O3/c1-3-15-11(7-14)9-18-12-5-4-10(8-16)6-13(12)17-2/h4-6,11,15-16H,3,8-9H2,1-2H3. The first kappa shape index (κ1) is 14.3. The molecule has 0 amide bonds. The Labute approximate surface area is 107 Å². The van der Waals surface area contributed by atoms with Gasteiger partial charge in [0.1, 0.15) is 12.6 Å². The number of ether oxygens (including phenoxy) is 2. The van der Waals surface area contributed by atoms with Crippen LogP contribution in [0.15, 0.2) is 18.2 Å². The molecule has 1 aromatic carbocycles.